The third kappa shape index (κ3) is 1.85. The zero-order valence-electron chi connectivity index (χ0n) is 7.79. The van der Waals surface area contributed by atoms with E-state index in [-0.39, 0.29) is 5.41 Å². The minimum absolute atomic E-state index is 0.215. The molecule has 0 amide bonds. The van der Waals surface area contributed by atoms with Gasteiger partial charge < -0.3 is 9.84 Å². The molecule has 1 saturated carbocycles. The van der Waals surface area contributed by atoms with Crippen molar-refractivity contribution in [2.24, 2.45) is 5.41 Å². The van der Waals surface area contributed by atoms with Gasteiger partial charge in [0.1, 0.15) is 0 Å². The highest BCUT2D eigenvalue weighted by atomic mass is 16.5. The van der Waals surface area contributed by atoms with Crippen molar-refractivity contribution < 1.29 is 14.6 Å². The van der Waals surface area contributed by atoms with Crippen LogP contribution in [0.5, 0.6) is 0 Å². The van der Waals surface area contributed by atoms with E-state index in [1.54, 1.807) is 0 Å². The van der Waals surface area contributed by atoms with Gasteiger partial charge in [-0.15, -0.1) is 0 Å². The summed E-state index contributed by atoms with van der Waals surface area (Å²) in [6.45, 7) is 0.797. The maximum Gasteiger partial charge on any atom is 0.303 e. The largest absolute Gasteiger partial charge is 0.481 e. The molecule has 0 aromatic rings. The van der Waals surface area contributed by atoms with E-state index in [0.717, 1.165) is 25.9 Å². The van der Waals surface area contributed by atoms with E-state index in [0.29, 0.717) is 12.5 Å². The van der Waals surface area contributed by atoms with E-state index in [9.17, 15) is 4.79 Å². The first-order valence-corrected chi connectivity index (χ1v) is 5.04. The predicted octanol–water partition coefficient (Wildman–Crippen LogP) is 1.81. The van der Waals surface area contributed by atoms with Crippen molar-refractivity contribution in [2.45, 2.75) is 44.6 Å². The van der Waals surface area contributed by atoms with Gasteiger partial charge in [0, 0.05) is 6.42 Å². The molecular formula is C10H16O3. The molecule has 3 fully saturated rings. The average molecular weight is 184 g/mol. The highest BCUT2D eigenvalue weighted by Gasteiger charge is 2.41. The monoisotopic (exact) mass is 184 g/mol. The Bertz CT molecular complexity index is 190. The van der Waals surface area contributed by atoms with Crippen LogP contribution in [0.15, 0.2) is 0 Å². The number of carbonyl (C=O) groups is 1. The molecule has 0 spiro atoms. The Morgan fingerprint density at radius 1 is 1.46 bits per heavy atom. The lowest BCUT2D eigenvalue weighted by atomic mass is 9.69. The van der Waals surface area contributed by atoms with Gasteiger partial charge in [-0.05, 0) is 37.5 Å². The van der Waals surface area contributed by atoms with Crippen LogP contribution in [0.1, 0.15) is 38.5 Å². The van der Waals surface area contributed by atoms with Gasteiger partial charge in [0.25, 0.3) is 0 Å². The molecule has 2 bridgehead atoms. The molecule has 1 N–H and O–H groups in total. The second-order valence-corrected chi connectivity index (χ2v) is 4.40. The molecule has 3 aliphatic rings. The molecule has 2 aliphatic heterocycles. The number of carboxylic acid groups (broad SMARTS) is 1. The molecule has 0 aromatic carbocycles. The summed E-state index contributed by atoms with van der Waals surface area (Å²) in [4.78, 5) is 10.5. The summed E-state index contributed by atoms with van der Waals surface area (Å²) in [6.07, 6.45) is 6.20. The number of hydrogen-bond donors (Lipinski definition) is 1. The van der Waals surface area contributed by atoms with Crippen molar-refractivity contribution >= 4 is 5.97 Å². The first-order valence-electron chi connectivity index (χ1n) is 5.04. The third-order valence-corrected chi connectivity index (χ3v) is 3.49. The van der Waals surface area contributed by atoms with E-state index < -0.39 is 5.97 Å². The number of aliphatic carboxylic acids is 1. The van der Waals surface area contributed by atoms with Crippen molar-refractivity contribution in [3.8, 4) is 0 Å². The van der Waals surface area contributed by atoms with Gasteiger partial charge in [0.05, 0.1) is 12.7 Å². The summed E-state index contributed by atoms with van der Waals surface area (Å²) < 4.78 is 5.62. The van der Waals surface area contributed by atoms with Crippen molar-refractivity contribution in [1.82, 2.24) is 0 Å². The molecule has 3 heteroatoms. The normalized spacial score (nSPS) is 37.7. The standard InChI is InChI=1S/C10H16O3/c11-9(12)3-6-10-4-1-8(2-5-10)13-7-10/h8H,1-7H2,(H,11,12). The summed E-state index contributed by atoms with van der Waals surface area (Å²) >= 11 is 0. The van der Waals surface area contributed by atoms with Gasteiger partial charge >= 0.3 is 5.97 Å². The van der Waals surface area contributed by atoms with E-state index >= 15 is 0 Å². The molecule has 0 atom stereocenters. The molecule has 0 radical (unpaired) electrons. The Morgan fingerprint density at radius 2 is 2.15 bits per heavy atom. The van der Waals surface area contributed by atoms with Crippen LogP contribution < -0.4 is 0 Å². The van der Waals surface area contributed by atoms with Gasteiger partial charge in [-0.1, -0.05) is 0 Å². The second-order valence-electron chi connectivity index (χ2n) is 4.40. The van der Waals surface area contributed by atoms with Crippen LogP contribution in [0.2, 0.25) is 0 Å². The number of carboxylic acids is 1. The van der Waals surface area contributed by atoms with Crippen LogP contribution >= 0.6 is 0 Å². The molecule has 1 aliphatic carbocycles. The van der Waals surface area contributed by atoms with Crippen molar-refractivity contribution in [3.63, 3.8) is 0 Å². The maximum atomic E-state index is 10.5. The summed E-state index contributed by atoms with van der Waals surface area (Å²) in [5.41, 5.74) is 0.215. The minimum Gasteiger partial charge on any atom is -0.481 e. The molecule has 13 heavy (non-hydrogen) atoms. The lowest BCUT2D eigenvalue weighted by molar-refractivity contribution is -0.142. The van der Waals surface area contributed by atoms with Crippen molar-refractivity contribution in [1.29, 1.82) is 0 Å². The molecule has 0 aromatic heterocycles. The fraction of sp³-hybridized carbons (Fsp3) is 0.900. The number of rotatable bonds is 3. The zero-order valence-corrected chi connectivity index (χ0v) is 7.79. The summed E-state index contributed by atoms with van der Waals surface area (Å²) in [6, 6.07) is 0. The average Bonchev–Trinajstić information content (AvgIpc) is 2.18. The van der Waals surface area contributed by atoms with Gasteiger partial charge in [-0.25, -0.2) is 0 Å². The predicted molar refractivity (Wildman–Crippen MR) is 47.5 cm³/mol. The van der Waals surface area contributed by atoms with Gasteiger partial charge in [0.15, 0.2) is 0 Å². The molecule has 2 heterocycles. The molecule has 3 rings (SSSR count). The number of ether oxygens (including phenoxy) is 1. The lowest BCUT2D eigenvalue weighted by Crippen LogP contribution is -2.42. The lowest BCUT2D eigenvalue weighted by Gasteiger charge is -2.46. The van der Waals surface area contributed by atoms with Crippen LogP contribution in [0.4, 0.5) is 0 Å². The van der Waals surface area contributed by atoms with Gasteiger partial charge in [-0.2, -0.15) is 0 Å². The van der Waals surface area contributed by atoms with E-state index in [4.69, 9.17) is 9.84 Å². The van der Waals surface area contributed by atoms with Crippen LogP contribution in [0, 0.1) is 5.41 Å². The Morgan fingerprint density at radius 3 is 2.62 bits per heavy atom. The minimum atomic E-state index is -0.679. The third-order valence-electron chi connectivity index (χ3n) is 3.49. The smallest absolute Gasteiger partial charge is 0.303 e. The molecule has 3 nitrogen and oxygen atoms in total. The number of hydrogen-bond acceptors (Lipinski definition) is 2. The van der Waals surface area contributed by atoms with Crippen LogP contribution in [-0.4, -0.2) is 23.8 Å². The maximum absolute atomic E-state index is 10.5. The molecule has 2 saturated heterocycles. The Hall–Kier alpha value is -0.570. The van der Waals surface area contributed by atoms with Crippen molar-refractivity contribution in [3.05, 3.63) is 0 Å². The summed E-state index contributed by atoms with van der Waals surface area (Å²) in [7, 11) is 0. The molecule has 0 unspecified atom stereocenters. The van der Waals surface area contributed by atoms with Crippen molar-refractivity contribution in [2.75, 3.05) is 6.61 Å². The SMILES string of the molecule is O=C(O)CCC12CCC(CC1)OC2. The Kier molecular flexibility index (Phi) is 2.28. The Balaban J connectivity index is 1.91. The topological polar surface area (TPSA) is 46.5 Å². The molecule has 74 valence electrons. The quantitative estimate of drug-likeness (QED) is 0.727. The van der Waals surface area contributed by atoms with Crippen LogP contribution in [0.3, 0.4) is 0 Å². The first-order chi connectivity index (χ1) is 6.20. The van der Waals surface area contributed by atoms with E-state index in [1.165, 1.54) is 12.8 Å². The summed E-state index contributed by atoms with van der Waals surface area (Å²) in [5, 5.41) is 8.63. The van der Waals surface area contributed by atoms with Gasteiger partial charge in [-0.3, -0.25) is 4.79 Å². The fourth-order valence-electron chi connectivity index (χ4n) is 2.50. The Labute approximate surface area is 78.1 Å². The van der Waals surface area contributed by atoms with E-state index in [2.05, 4.69) is 0 Å². The highest BCUT2D eigenvalue weighted by Crippen LogP contribution is 2.45. The van der Waals surface area contributed by atoms with Gasteiger partial charge in [0.2, 0.25) is 0 Å². The number of fused-ring (bicyclic) bond motifs is 3. The molecular weight excluding hydrogens is 168 g/mol. The second kappa shape index (κ2) is 3.29. The summed E-state index contributed by atoms with van der Waals surface area (Å²) in [5.74, 6) is -0.679. The highest BCUT2D eigenvalue weighted by molar-refractivity contribution is 5.66. The fourth-order valence-corrected chi connectivity index (χ4v) is 2.50. The van der Waals surface area contributed by atoms with Crippen LogP contribution in [0.25, 0.3) is 0 Å². The van der Waals surface area contributed by atoms with E-state index in [1.807, 2.05) is 0 Å². The van der Waals surface area contributed by atoms with Crippen LogP contribution in [-0.2, 0) is 9.53 Å². The zero-order chi connectivity index (χ0) is 9.31. The first kappa shape index (κ1) is 9.00.